The summed E-state index contributed by atoms with van der Waals surface area (Å²) in [6.45, 7) is 6.99. The molecule has 1 rings (SSSR count). The molecule has 1 aromatic rings. The molecule has 0 heterocycles. The number of aryl methyl sites for hydroxylation is 1. The lowest BCUT2D eigenvalue weighted by Gasteiger charge is -2.15. The van der Waals surface area contributed by atoms with E-state index in [-0.39, 0.29) is 6.10 Å². The minimum atomic E-state index is -0.357. The van der Waals surface area contributed by atoms with Gasteiger partial charge in [-0.25, -0.2) is 0 Å². The maximum Gasteiger partial charge on any atom is 0.0807 e. The highest BCUT2D eigenvalue weighted by molar-refractivity contribution is 5.54. The third-order valence-corrected chi connectivity index (χ3v) is 2.32. The van der Waals surface area contributed by atoms with Crippen molar-refractivity contribution in [3.8, 4) is 0 Å². The number of hydrogen-bond donors (Lipinski definition) is 2. The van der Waals surface area contributed by atoms with Gasteiger partial charge in [0.1, 0.15) is 0 Å². The standard InChI is InChI=1S/C12H19NO/c1-4-12(14)10-7-6-9(3)8-11(10)13-5-2/h6-8,12-14H,4-5H2,1-3H3. The maximum atomic E-state index is 9.79. The van der Waals surface area contributed by atoms with Gasteiger partial charge in [0, 0.05) is 17.8 Å². The average molecular weight is 193 g/mol. The van der Waals surface area contributed by atoms with Gasteiger partial charge in [-0.05, 0) is 31.9 Å². The number of hydrogen-bond acceptors (Lipinski definition) is 2. The third-order valence-electron chi connectivity index (χ3n) is 2.32. The van der Waals surface area contributed by atoms with E-state index in [0.717, 1.165) is 24.2 Å². The second kappa shape index (κ2) is 5.01. The molecular weight excluding hydrogens is 174 g/mol. The average Bonchev–Trinajstić information content (AvgIpc) is 2.17. The van der Waals surface area contributed by atoms with Gasteiger partial charge in [-0.1, -0.05) is 19.1 Å². The Hall–Kier alpha value is -1.02. The van der Waals surface area contributed by atoms with Crippen molar-refractivity contribution in [2.75, 3.05) is 11.9 Å². The van der Waals surface area contributed by atoms with Crippen LogP contribution in [0.1, 0.15) is 37.5 Å². The van der Waals surface area contributed by atoms with E-state index in [2.05, 4.69) is 25.2 Å². The molecule has 0 aliphatic rings. The first-order valence-corrected chi connectivity index (χ1v) is 5.21. The van der Waals surface area contributed by atoms with E-state index < -0.39 is 0 Å². The summed E-state index contributed by atoms with van der Waals surface area (Å²) >= 11 is 0. The molecule has 0 aliphatic carbocycles. The Kier molecular flexibility index (Phi) is 3.96. The van der Waals surface area contributed by atoms with Crippen molar-refractivity contribution in [1.82, 2.24) is 0 Å². The summed E-state index contributed by atoms with van der Waals surface area (Å²) in [6.07, 6.45) is 0.395. The topological polar surface area (TPSA) is 32.3 Å². The summed E-state index contributed by atoms with van der Waals surface area (Å²) in [5, 5.41) is 13.1. The second-order valence-electron chi connectivity index (χ2n) is 3.55. The van der Waals surface area contributed by atoms with E-state index >= 15 is 0 Å². The summed E-state index contributed by atoms with van der Waals surface area (Å²) in [6, 6.07) is 6.12. The number of nitrogens with one attached hydrogen (secondary N) is 1. The van der Waals surface area contributed by atoms with Gasteiger partial charge in [0.15, 0.2) is 0 Å². The molecule has 2 heteroatoms. The van der Waals surface area contributed by atoms with Crippen LogP contribution in [0.4, 0.5) is 5.69 Å². The molecule has 0 amide bonds. The number of aliphatic hydroxyl groups excluding tert-OH is 1. The van der Waals surface area contributed by atoms with Gasteiger partial charge in [0.25, 0.3) is 0 Å². The minimum Gasteiger partial charge on any atom is -0.388 e. The van der Waals surface area contributed by atoms with Crippen molar-refractivity contribution in [3.63, 3.8) is 0 Å². The van der Waals surface area contributed by atoms with Crippen LogP contribution in [0.5, 0.6) is 0 Å². The fourth-order valence-electron chi connectivity index (χ4n) is 1.52. The van der Waals surface area contributed by atoms with E-state index in [1.165, 1.54) is 5.56 Å². The molecule has 0 spiro atoms. The molecule has 0 saturated heterocycles. The first-order chi connectivity index (χ1) is 6.69. The number of rotatable bonds is 4. The fourth-order valence-corrected chi connectivity index (χ4v) is 1.52. The van der Waals surface area contributed by atoms with Crippen molar-refractivity contribution in [3.05, 3.63) is 29.3 Å². The van der Waals surface area contributed by atoms with Crippen molar-refractivity contribution in [2.24, 2.45) is 0 Å². The Morgan fingerprint density at radius 1 is 1.36 bits per heavy atom. The zero-order valence-electron chi connectivity index (χ0n) is 9.17. The molecule has 0 fully saturated rings. The van der Waals surface area contributed by atoms with Crippen LogP contribution in [0.15, 0.2) is 18.2 Å². The predicted molar refractivity (Wildman–Crippen MR) is 60.6 cm³/mol. The van der Waals surface area contributed by atoms with Crippen LogP contribution in [0.3, 0.4) is 0 Å². The van der Waals surface area contributed by atoms with Crippen LogP contribution in [-0.2, 0) is 0 Å². The molecule has 2 N–H and O–H groups in total. The Labute approximate surface area is 86.0 Å². The zero-order chi connectivity index (χ0) is 10.6. The molecule has 1 unspecified atom stereocenters. The Bertz CT molecular complexity index is 296. The van der Waals surface area contributed by atoms with Crippen molar-refractivity contribution >= 4 is 5.69 Å². The van der Waals surface area contributed by atoms with E-state index in [1.807, 2.05) is 19.1 Å². The zero-order valence-corrected chi connectivity index (χ0v) is 9.17. The van der Waals surface area contributed by atoms with Gasteiger partial charge in [0.2, 0.25) is 0 Å². The monoisotopic (exact) mass is 193 g/mol. The summed E-state index contributed by atoms with van der Waals surface area (Å²) < 4.78 is 0. The van der Waals surface area contributed by atoms with Crippen molar-refractivity contribution < 1.29 is 5.11 Å². The lowest BCUT2D eigenvalue weighted by atomic mass is 10.0. The largest absolute Gasteiger partial charge is 0.388 e. The van der Waals surface area contributed by atoms with E-state index in [4.69, 9.17) is 0 Å². The SMILES string of the molecule is CCNc1cc(C)ccc1C(O)CC. The molecule has 0 radical (unpaired) electrons. The normalized spacial score (nSPS) is 12.6. The van der Waals surface area contributed by atoms with Gasteiger partial charge in [0.05, 0.1) is 6.10 Å². The molecule has 78 valence electrons. The summed E-state index contributed by atoms with van der Waals surface area (Å²) in [7, 11) is 0. The summed E-state index contributed by atoms with van der Waals surface area (Å²) in [5.74, 6) is 0. The number of aliphatic hydroxyl groups is 1. The highest BCUT2D eigenvalue weighted by atomic mass is 16.3. The van der Waals surface area contributed by atoms with Crippen LogP contribution in [-0.4, -0.2) is 11.7 Å². The first kappa shape index (κ1) is 11.1. The van der Waals surface area contributed by atoms with Crippen LogP contribution >= 0.6 is 0 Å². The van der Waals surface area contributed by atoms with Crippen LogP contribution in [0.2, 0.25) is 0 Å². The van der Waals surface area contributed by atoms with Gasteiger partial charge in [-0.3, -0.25) is 0 Å². The summed E-state index contributed by atoms with van der Waals surface area (Å²) in [4.78, 5) is 0. The maximum absolute atomic E-state index is 9.79. The molecule has 2 nitrogen and oxygen atoms in total. The van der Waals surface area contributed by atoms with Crippen LogP contribution in [0.25, 0.3) is 0 Å². The van der Waals surface area contributed by atoms with E-state index in [0.29, 0.717) is 0 Å². The molecule has 0 aliphatic heterocycles. The molecule has 0 aromatic heterocycles. The van der Waals surface area contributed by atoms with Crippen LogP contribution in [0, 0.1) is 6.92 Å². The van der Waals surface area contributed by atoms with Gasteiger partial charge >= 0.3 is 0 Å². The molecule has 1 aromatic carbocycles. The fraction of sp³-hybridized carbons (Fsp3) is 0.500. The van der Waals surface area contributed by atoms with Crippen molar-refractivity contribution in [1.29, 1.82) is 0 Å². The molecule has 14 heavy (non-hydrogen) atoms. The first-order valence-electron chi connectivity index (χ1n) is 5.21. The van der Waals surface area contributed by atoms with Crippen molar-refractivity contribution in [2.45, 2.75) is 33.3 Å². The molecule has 1 atom stereocenters. The highest BCUT2D eigenvalue weighted by Crippen LogP contribution is 2.25. The molecule has 0 saturated carbocycles. The third kappa shape index (κ3) is 2.48. The molecule has 0 bridgehead atoms. The van der Waals surface area contributed by atoms with E-state index in [9.17, 15) is 5.11 Å². The minimum absolute atomic E-state index is 0.357. The smallest absolute Gasteiger partial charge is 0.0807 e. The van der Waals surface area contributed by atoms with Gasteiger partial charge in [-0.15, -0.1) is 0 Å². The number of anilines is 1. The van der Waals surface area contributed by atoms with E-state index in [1.54, 1.807) is 0 Å². The predicted octanol–water partition coefficient (Wildman–Crippen LogP) is 2.87. The van der Waals surface area contributed by atoms with Gasteiger partial charge < -0.3 is 10.4 Å². The second-order valence-corrected chi connectivity index (χ2v) is 3.55. The lowest BCUT2D eigenvalue weighted by molar-refractivity contribution is 0.174. The quantitative estimate of drug-likeness (QED) is 0.770. The van der Waals surface area contributed by atoms with Gasteiger partial charge in [-0.2, -0.15) is 0 Å². The lowest BCUT2D eigenvalue weighted by Crippen LogP contribution is -2.04. The summed E-state index contributed by atoms with van der Waals surface area (Å²) in [5.41, 5.74) is 3.27. The number of benzene rings is 1. The Morgan fingerprint density at radius 2 is 2.07 bits per heavy atom. The Morgan fingerprint density at radius 3 is 2.64 bits per heavy atom. The highest BCUT2D eigenvalue weighted by Gasteiger charge is 2.09. The molecular formula is C12H19NO. The van der Waals surface area contributed by atoms with Crippen LogP contribution < -0.4 is 5.32 Å². The Balaban J connectivity index is 3.01.